The van der Waals surface area contributed by atoms with Gasteiger partial charge in [0, 0.05) is 13.0 Å². The van der Waals surface area contributed by atoms with E-state index in [1.165, 1.54) is 0 Å². The number of halogens is 1. The van der Waals surface area contributed by atoms with Crippen LogP contribution in [0, 0.1) is 16.7 Å². The molecule has 2 rings (SSSR count). The Balaban J connectivity index is 2.33. The number of nitrogens with zero attached hydrogens (tertiary/aromatic N) is 2. The van der Waals surface area contributed by atoms with E-state index in [1.54, 1.807) is 12.1 Å². The molecule has 1 aromatic rings. The lowest BCUT2D eigenvalue weighted by Gasteiger charge is -2.30. The molecule has 3 nitrogen and oxygen atoms in total. The second-order valence-electron chi connectivity index (χ2n) is 3.83. The average Bonchev–Trinajstić information content (AvgIpc) is 2.30. The van der Waals surface area contributed by atoms with E-state index in [1.807, 2.05) is 11.0 Å². The van der Waals surface area contributed by atoms with Crippen molar-refractivity contribution >= 4 is 23.1 Å². The third-order valence-electron chi connectivity index (χ3n) is 2.74. The molecule has 0 spiro atoms. The van der Waals surface area contributed by atoms with Crippen molar-refractivity contribution in [1.29, 1.82) is 10.7 Å². The molecule has 0 amide bonds. The zero-order valence-corrected chi connectivity index (χ0v) is 9.59. The molecule has 1 aliphatic rings. The first kappa shape index (κ1) is 11.0. The van der Waals surface area contributed by atoms with Crippen LogP contribution in [0.15, 0.2) is 18.2 Å². The summed E-state index contributed by atoms with van der Waals surface area (Å²) >= 11 is 6.12. The highest BCUT2D eigenvalue weighted by Crippen LogP contribution is 2.29. The molecule has 0 aliphatic carbocycles. The molecule has 0 aromatic heterocycles. The standard InChI is InChI=1S/C12H12ClN3/c13-10-7-9(8-14)4-5-11(10)16-6-2-1-3-12(16)15/h4-5,7,15H,1-3,6H2. The van der Waals surface area contributed by atoms with Crippen molar-refractivity contribution in [2.45, 2.75) is 19.3 Å². The van der Waals surface area contributed by atoms with Crippen LogP contribution in [-0.4, -0.2) is 12.4 Å². The first-order chi connectivity index (χ1) is 7.72. The van der Waals surface area contributed by atoms with Crippen LogP contribution in [-0.2, 0) is 0 Å². The van der Waals surface area contributed by atoms with Gasteiger partial charge in [0.05, 0.1) is 22.3 Å². The van der Waals surface area contributed by atoms with Crippen molar-refractivity contribution in [3.05, 3.63) is 28.8 Å². The molecule has 0 atom stereocenters. The third-order valence-corrected chi connectivity index (χ3v) is 3.04. The molecule has 0 saturated carbocycles. The van der Waals surface area contributed by atoms with E-state index in [4.69, 9.17) is 22.3 Å². The summed E-state index contributed by atoms with van der Waals surface area (Å²) in [6, 6.07) is 7.26. The minimum Gasteiger partial charge on any atom is -0.329 e. The lowest BCUT2D eigenvalue weighted by atomic mass is 10.1. The average molecular weight is 234 g/mol. The van der Waals surface area contributed by atoms with Crippen molar-refractivity contribution in [2.24, 2.45) is 0 Å². The SMILES string of the molecule is N#Cc1ccc(N2CCCCC2=N)c(Cl)c1. The number of nitriles is 1. The molecule has 1 saturated heterocycles. The topological polar surface area (TPSA) is 50.9 Å². The molecule has 4 heteroatoms. The summed E-state index contributed by atoms with van der Waals surface area (Å²) in [4.78, 5) is 1.92. The predicted molar refractivity (Wildman–Crippen MR) is 65.1 cm³/mol. The van der Waals surface area contributed by atoms with Gasteiger partial charge in [-0.2, -0.15) is 5.26 Å². The molecule has 1 fully saturated rings. The number of amidine groups is 1. The van der Waals surface area contributed by atoms with E-state index in [2.05, 4.69) is 6.07 Å². The zero-order chi connectivity index (χ0) is 11.5. The summed E-state index contributed by atoms with van der Waals surface area (Å²) in [5.41, 5.74) is 1.39. The number of hydrogen-bond acceptors (Lipinski definition) is 2. The normalized spacial score (nSPS) is 16.0. The van der Waals surface area contributed by atoms with Crippen LogP contribution in [0.4, 0.5) is 5.69 Å². The predicted octanol–water partition coefficient (Wildman–Crippen LogP) is 3.18. The highest BCUT2D eigenvalue weighted by atomic mass is 35.5. The third kappa shape index (κ3) is 2.02. The van der Waals surface area contributed by atoms with Crippen LogP contribution in [0.25, 0.3) is 0 Å². The first-order valence-electron chi connectivity index (χ1n) is 5.27. The fourth-order valence-electron chi connectivity index (χ4n) is 1.89. The number of piperidine rings is 1. The Kier molecular flexibility index (Phi) is 3.12. The van der Waals surface area contributed by atoms with Crippen LogP contribution in [0.5, 0.6) is 0 Å². The van der Waals surface area contributed by atoms with E-state index in [9.17, 15) is 0 Å². The van der Waals surface area contributed by atoms with Crippen LogP contribution >= 0.6 is 11.6 Å². The lowest BCUT2D eigenvalue weighted by molar-refractivity contribution is 0.707. The Morgan fingerprint density at radius 3 is 2.81 bits per heavy atom. The Hall–Kier alpha value is -1.53. The maximum absolute atomic E-state index is 8.75. The van der Waals surface area contributed by atoms with Crippen LogP contribution < -0.4 is 4.90 Å². The van der Waals surface area contributed by atoms with E-state index in [0.717, 1.165) is 31.5 Å². The van der Waals surface area contributed by atoms with Crippen LogP contribution in [0.1, 0.15) is 24.8 Å². The smallest absolute Gasteiger partial charge is 0.100 e. The van der Waals surface area contributed by atoms with Crippen molar-refractivity contribution < 1.29 is 0 Å². The monoisotopic (exact) mass is 233 g/mol. The second-order valence-corrected chi connectivity index (χ2v) is 4.24. The highest BCUT2D eigenvalue weighted by Gasteiger charge is 2.18. The Bertz CT molecular complexity index is 462. The van der Waals surface area contributed by atoms with Crippen molar-refractivity contribution in [2.75, 3.05) is 11.4 Å². The number of anilines is 1. The zero-order valence-electron chi connectivity index (χ0n) is 8.83. The molecule has 0 bridgehead atoms. The highest BCUT2D eigenvalue weighted by molar-refractivity contribution is 6.34. The number of nitrogens with one attached hydrogen (secondary N) is 1. The van der Waals surface area contributed by atoms with Gasteiger partial charge in [0.25, 0.3) is 0 Å². The summed E-state index contributed by atoms with van der Waals surface area (Å²) in [6.45, 7) is 0.838. The summed E-state index contributed by atoms with van der Waals surface area (Å²) in [7, 11) is 0. The van der Waals surface area contributed by atoms with Crippen molar-refractivity contribution in [1.82, 2.24) is 0 Å². The molecule has 82 valence electrons. The van der Waals surface area contributed by atoms with Gasteiger partial charge in [0.2, 0.25) is 0 Å². The lowest BCUT2D eigenvalue weighted by Crippen LogP contribution is -2.34. The molecular formula is C12H12ClN3. The van der Waals surface area contributed by atoms with Gasteiger partial charge in [-0.25, -0.2) is 0 Å². The van der Waals surface area contributed by atoms with Gasteiger partial charge in [-0.3, -0.25) is 5.41 Å². The minimum absolute atomic E-state index is 0.547. The molecule has 0 radical (unpaired) electrons. The van der Waals surface area contributed by atoms with Gasteiger partial charge >= 0.3 is 0 Å². The van der Waals surface area contributed by atoms with E-state index >= 15 is 0 Å². The number of hydrogen-bond donors (Lipinski definition) is 1. The van der Waals surface area contributed by atoms with E-state index in [-0.39, 0.29) is 0 Å². The van der Waals surface area contributed by atoms with Gasteiger partial charge in [-0.1, -0.05) is 11.6 Å². The van der Waals surface area contributed by atoms with Gasteiger partial charge in [0.1, 0.15) is 5.84 Å². The molecule has 1 aromatic carbocycles. The quantitative estimate of drug-likeness (QED) is 0.810. The second kappa shape index (κ2) is 4.54. The van der Waals surface area contributed by atoms with Crippen LogP contribution in [0.3, 0.4) is 0 Å². The molecule has 1 heterocycles. The molecule has 1 aliphatic heterocycles. The van der Waals surface area contributed by atoms with Gasteiger partial charge in [-0.15, -0.1) is 0 Å². The van der Waals surface area contributed by atoms with E-state index in [0.29, 0.717) is 16.4 Å². The van der Waals surface area contributed by atoms with Crippen molar-refractivity contribution in [3.8, 4) is 6.07 Å². The molecular weight excluding hydrogens is 222 g/mol. The van der Waals surface area contributed by atoms with Crippen LogP contribution in [0.2, 0.25) is 5.02 Å². The fraction of sp³-hybridized carbons (Fsp3) is 0.333. The number of benzene rings is 1. The van der Waals surface area contributed by atoms with Gasteiger partial charge in [0.15, 0.2) is 0 Å². The fourth-order valence-corrected chi connectivity index (χ4v) is 2.18. The van der Waals surface area contributed by atoms with Gasteiger partial charge < -0.3 is 4.90 Å². The largest absolute Gasteiger partial charge is 0.329 e. The summed E-state index contributed by atoms with van der Waals surface area (Å²) in [5, 5.41) is 17.2. The number of rotatable bonds is 1. The van der Waals surface area contributed by atoms with Crippen molar-refractivity contribution in [3.63, 3.8) is 0 Å². The first-order valence-corrected chi connectivity index (χ1v) is 5.65. The molecule has 16 heavy (non-hydrogen) atoms. The maximum Gasteiger partial charge on any atom is 0.100 e. The Morgan fingerprint density at radius 2 is 2.19 bits per heavy atom. The molecule has 0 unspecified atom stereocenters. The summed E-state index contributed by atoms with van der Waals surface area (Å²) < 4.78 is 0. The summed E-state index contributed by atoms with van der Waals surface area (Å²) in [5.74, 6) is 0.609. The Morgan fingerprint density at radius 1 is 1.38 bits per heavy atom. The van der Waals surface area contributed by atoms with E-state index < -0.39 is 0 Å². The summed E-state index contributed by atoms with van der Waals surface area (Å²) in [6.07, 6.45) is 2.96. The van der Waals surface area contributed by atoms with Gasteiger partial charge in [-0.05, 0) is 31.0 Å². The minimum atomic E-state index is 0.547. The Labute approximate surface area is 99.8 Å². The maximum atomic E-state index is 8.75. The molecule has 1 N–H and O–H groups in total.